The first-order valence-corrected chi connectivity index (χ1v) is 17.3. The first kappa shape index (κ1) is 29.6. The largest absolute Gasteiger partial charge is 0.281 e. The topological polar surface area (TPSA) is 34.1 Å². The van der Waals surface area contributed by atoms with Crippen LogP contribution in [0.4, 0.5) is 0 Å². The molecule has 4 unspecified atom stereocenters. The minimum Gasteiger partial charge on any atom is -0.281 e. The fourth-order valence-electron chi connectivity index (χ4n) is 6.48. The third kappa shape index (κ3) is 9.05. The normalized spacial score (nSPS) is 28.1. The van der Waals surface area contributed by atoms with E-state index in [0.29, 0.717) is 11.8 Å². The van der Waals surface area contributed by atoms with Gasteiger partial charge in [-0.15, -0.1) is 22.7 Å². The van der Waals surface area contributed by atoms with E-state index in [9.17, 15) is 9.59 Å². The first-order valence-electron chi connectivity index (χ1n) is 14.9. The lowest BCUT2D eigenvalue weighted by molar-refractivity contribution is -0.116. The van der Waals surface area contributed by atoms with Crippen LogP contribution in [0.15, 0.2) is 12.1 Å². The number of fused-ring (bicyclic) bond motifs is 1. The molecular weight excluding hydrogens is 539 g/mol. The molecule has 2 aromatic rings. The molecule has 0 radical (unpaired) electrons. The summed E-state index contributed by atoms with van der Waals surface area (Å²) in [6, 6.07) is 4.91. The molecule has 2 fully saturated rings. The molecule has 2 saturated carbocycles. The molecule has 4 atom stereocenters. The third-order valence-electron chi connectivity index (χ3n) is 8.88. The Bertz CT molecular complexity index is 965. The van der Waals surface area contributed by atoms with Gasteiger partial charge in [-0.1, -0.05) is 70.6 Å². The van der Waals surface area contributed by atoms with Gasteiger partial charge in [0.1, 0.15) is 0 Å². The number of hydrogen-bond donors (Lipinski definition) is 0. The van der Waals surface area contributed by atoms with Crippen LogP contribution in [0.1, 0.15) is 144 Å². The number of thiophene rings is 2. The van der Waals surface area contributed by atoms with Crippen LogP contribution in [-0.4, -0.2) is 10.5 Å². The summed E-state index contributed by atoms with van der Waals surface area (Å²) in [6.45, 7) is 0. The average molecular weight is 584 g/mol. The van der Waals surface area contributed by atoms with E-state index in [2.05, 4.69) is 12.1 Å². The molecule has 2 aromatic heterocycles. The van der Waals surface area contributed by atoms with Crippen LogP contribution in [0.5, 0.6) is 0 Å². The number of halogens is 2. The fourth-order valence-corrected chi connectivity index (χ4v) is 9.67. The Hall–Kier alpha value is -0.420. The van der Waals surface area contributed by atoms with E-state index in [1.807, 2.05) is 22.7 Å². The highest BCUT2D eigenvalue weighted by atomic mass is 35.5. The molecular formula is C31H44Cl2O2S2. The lowest BCUT2D eigenvalue weighted by Gasteiger charge is -2.21. The van der Waals surface area contributed by atoms with Gasteiger partial charge in [-0.3, -0.25) is 9.59 Å². The number of rotatable bonds is 4. The molecule has 0 saturated heterocycles. The number of carbonyl (C=O) groups excluding carboxylic acids is 2. The van der Waals surface area contributed by atoms with E-state index >= 15 is 0 Å². The Morgan fingerprint density at radius 2 is 0.865 bits per heavy atom. The third-order valence-corrected chi connectivity index (χ3v) is 12.1. The molecule has 4 rings (SSSR count). The van der Waals surface area contributed by atoms with Crippen molar-refractivity contribution in [2.45, 2.75) is 134 Å². The van der Waals surface area contributed by atoms with E-state index in [4.69, 9.17) is 23.2 Å². The minimum atomic E-state index is -0.137. The molecule has 2 aliphatic rings. The van der Waals surface area contributed by atoms with Gasteiger partial charge in [0.2, 0.25) is 10.5 Å². The van der Waals surface area contributed by atoms with Gasteiger partial charge in [-0.25, -0.2) is 0 Å². The van der Waals surface area contributed by atoms with Crippen LogP contribution in [0.3, 0.4) is 0 Å². The molecule has 2 nitrogen and oxygen atoms in total. The Balaban J connectivity index is 1.46. The summed E-state index contributed by atoms with van der Waals surface area (Å²) in [5, 5.41) is -0.267. The predicted molar refractivity (Wildman–Crippen MR) is 162 cm³/mol. The summed E-state index contributed by atoms with van der Waals surface area (Å²) in [5.41, 5.74) is 0. The molecule has 2 aliphatic carbocycles. The van der Waals surface area contributed by atoms with Crippen molar-refractivity contribution in [3.63, 3.8) is 0 Å². The van der Waals surface area contributed by atoms with Crippen LogP contribution >= 0.6 is 45.9 Å². The van der Waals surface area contributed by atoms with Gasteiger partial charge in [0, 0.05) is 31.0 Å². The Morgan fingerprint density at radius 3 is 1.24 bits per heavy atom. The van der Waals surface area contributed by atoms with Gasteiger partial charge in [0.05, 0.1) is 0 Å². The SMILES string of the molecule is O=C(Cl)C1CCCCCCCCCC(c2cc3sc(C4CCCCCCC(C(=O)Cl)CC4)cc3s2)CC1. The maximum atomic E-state index is 12.1. The van der Waals surface area contributed by atoms with Crippen molar-refractivity contribution in [2.24, 2.45) is 11.8 Å². The summed E-state index contributed by atoms with van der Waals surface area (Å²) in [7, 11) is 0. The van der Waals surface area contributed by atoms with E-state index in [0.717, 1.165) is 51.4 Å². The fraction of sp³-hybridized carbons (Fsp3) is 0.742. The molecule has 37 heavy (non-hydrogen) atoms. The molecule has 0 N–H and O–H groups in total. The summed E-state index contributed by atoms with van der Waals surface area (Å²) >= 11 is 15.9. The van der Waals surface area contributed by atoms with E-state index in [1.54, 1.807) is 0 Å². The summed E-state index contributed by atoms with van der Waals surface area (Å²) in [4.78, 5) is 27.0. The second-order valence-electron chi connectivity index (χ2n) is 11.6. The molecule has 0 spiro atoms. The van der Waals surface area contributed by atoms with Crippen LogP contribution in [0.2, 0.25) is 0 Å². The average Bonchev–Trinajstić information content (AvgIpc) is 3.45. The standard InChI is InChI=1S/C31H44Cl2O2S2/c32-30(34)24-14-10-5-3-1-2-4-8-12-22(16-18-24)26-20-28-29(36-26)21-27(37-28)23-13-9-6-7-11-15-25(19-17-23)31(33)35/h20-25H,1-19H2. The van der Waals surface area contributed by atoms with Gasteiger partial charge < -0.3 is 0 Å². The zero-order valence-electron chi connectivity index (χ0n) is 22.3. The van der Waals surface area contributed by atoms with Gasteiger partial charge in [-0.05, 0) is 98.5 Å². The predicted octanol–water partition coefficient (Wildman–Crippen LogP) is 11.3. The van der Waals surface area contributed by atoms with E-state index < -0.39 is 0 Å². The molecule has 206 valence electrons. The van der Waals surface area contributed by atoms with Crippen molar-refractivity contribution in [3.05, 3.63) is 21.9 Å². The van der Waals surface area contributed by atoms with Gasteiger partial charge >= 0.3 is 0 Å². The van der Waals surface area contributed by atoms with Crippen molar-refractivity contribution in [1.29, 1.82) is 0 Å². The van der Waals surface area contributed by atoms with Crippen molar-refractivity contribution in [2.75, 3.05) is 0 Å². The second kappa shape index (κ2) is 15.4. The summed E-state index contributed by atoms with van der Waals surface area (Å²) < 4.78 is 2.84. The molecule has 0 bridgehead atoms. The monoisotopic (exact) mass is 582 g/mol. The van der Waals surface area contributed by atoms with Gasteiger partial charge in [0.15, 0.2) is 0 Å². The molecule has 0 amide bonds. The quantitative estimate of drug-likeness (QED) is 0.336. The number of carbonyl (C=O) groups is 2. The Morgan fingerprint density at radius 1 is 0.514 bits per heavy atom. The highest BCUT2D eigenvalue weighted by Crippen LogP contribution is 2.44. The van der Waals surface area contributed by atoms with Crippen LogP contribution in [0, 0.1) is 11.8 Å². The van der Waals surface area contributed by atoms with Gasteiger partial charge in [0.25, 0.3) is 0 Å². The number of hydrogen-bond acceptors (Lipinski definition) is 4. The smallest absolute Gasteiger partial charge is 0.224 e. The van der Waals surface area contributed by atoms with Crippen LogP contribution < -0.4 is 0 Å². The second-order valence-corrected chi connectivity index (χ2v) is 14.6. The lowest BCUT2D eigenvalue weighted by atomic mass is 9.87. The van der Waals surface area contributed by atoms with E-state index in [1.165, 1.54) is 89.8 Å². The maximum Gasteiger partial charge on any atom is 0.224 e. The molecule has 2 heterocycles. The summed E-state index contributed by atoms with van der Waals surface area (Å²) in [6.07, 6.45) is 22.2. The van der Waals surface area contributed by atoms with Crippen molar-refractivity contribution in [1.82, 2.24) is 0 Å². The highest BCUT2D eigenvalue weighted by molar-refractivity contribution is 7.27. The summed E-state index contributed by atoms with van der Waals surface area (Å²) in [5.74, 6) is 1.14. The molecule has 0 aromatic carbocycles. The zero-order chi connectivity index (χ0) is 26.0. The molecule has 6 heteroatoms. The highest BCUT2D eigenvalue weighted by Gasteiger charge is 2.24. The Kier molecular flexibility index (Phi) is 12.3. The lowest BCUT2D eigenvalue weighted by Crippen LogP contribution is -2.12. The Labute approximate surface area is 241 Å². The maximum absolute atomic E-state index is 12.1. The van der Waals surface area contributed by atoms with Crippen molar-refractivity contribution >= 4 is 65.8 Å². The van der Waals surface area contributed by atoms with Crippen LogP contribution in [0.25, 0.3) is 9.40 Å². The minimum absolute atomic E-state index is 0.0221. The van der Waals surface area contributed by atoms with E-state index in [-0.39, 0.29) is 22.3 Å². The zero-order valence-corrected chi connectivity index (χ0v) is 25.4. The van der Waals surface area contributed by atoms with Crippen LogP contribution in [-0.2, 0) is 9.59 Å². The molecule has 0 aliphatic heterocycles. The van der Waals surface area contributed by atoms with Crippen molar-refractivity contribution in [3.8, 4) is 0 Å². The van der Waals surface area contributed by atoms with Gasteiger partial charge in [-0.2, -0.15) is 0 Å². The first-order chi connectivity index (χ1) is 18.0. The van der Waals surface area contributed by atoms with Crippen molar-refractivity contribution < 1.29 is 9.59 Å².